The van der Waals surface area contributed by atoms with Crippen LogP contribution in [0.25, 0.3) is 0 Å². The number of imide groups is 1. The largest absolute Gasteiger partial charge is 0.337 e. The lowest BCUT2D eigenvalue weighted by Crippen LogP contribution is -2.41. The van der Waals surface area contributed by atoms with Crippen LogP contribution < -0.4 is 10.6 Å². The van der Waals surface area contributed by atoms with Gasteiger partial charge in [0.2, 0.25) is 5.91 Å². The highest BCUT2D eigenvalue weighted by atomic mass is 35.5. The van der Waals surface area contributed by atoms with Crippen LogP contribution in [0.1, 0.15) is 6.42 Å². The molecule has 0 aliphatic heterocycles. The zero-order valence-electron chi connectivity index (χ0n) is 8.47. The number of carbonyl (C=O) groups is 2. The van der Waals surface area contributed by atoms with Gasteiger partial charge in [0.25, 0.3) is 0 Å². The third-order valence-electron chi connectivity index (χ3n) is 1.42. The number of nitrogens with one attached hydrogen (secondary N) is 2. The smallest absolute Gasteiger partial charge is 0.321 e. The van der Waals surface area contributed by atoms with Gasteiger partial charge in [0.05, 0.1) is 0 Å². The van der Waals surface area contributed by atoms with Crippen molar-refractivity contribution in [2.45, 2.75) is 6.42 Å². The highest BCUT2D eigenvalue weighted by Crippen LogP contribution is 1.83. The third-order valence-corrected chi connectivity index (χ3v) is 1.61. The molecule has 0 unspecified atom stereocenters. The average molecular weight is 222 g/mol. The number of alkyl halides is 1. The Morgan fingerprint density at radius 1 is 1.36 bits per heavy atom. The monoisotopic (exact) mass is 221 g/mol. The van der Waals surface area contributed by atoms with Crippen molar-refractivity contribution >= 4 is 23.5 Å². The maximum atomic E-state index is 11.0. The van der Waals surface area contributed by atoms with Crippen LogP contribution in [0.15, 0.2) is 0 Å². The Balaban J connectivity index is 3.50. The van der Waals surface area contributed by atoms with Crippen LogP contribution in [-0.4, -0.2) is 49.9 Å². The summed E-state index contributed by atoms with van der Waals surface area (Å²) in [5.74, 6) is -0.140. The third kappa shape index (κ3) is 7.82. The minimum absolute atomic E-state index is 0.155. The van der Waals surface area contributed by atoms with Crippen LogP contribution >= 0.6 is 11.6 Å². The molecule has 0 rings (SSSR count). The summed E-state index contributed by atoms with van der Waals surface area (Å²) in [6.45, 7) is 1.24. The molecule has 0 saturated heterocycles. The number of amides is 3. The van der Waals surface area contributed by atoms with E-state index in [4.69, 9.17) is 11.6 Å². The molecular formula is C8H16ClN3O2. The first-order valence-electron chi connectivity index (χ1n) is 4.34. The minimum atomic E-state index is -0.470. The van der Waals surface area contributed by atoms with E-state index >= 15 is 0 Å². The second-order valence-corrected chi connectivity index (χ2v) is 3.42. The molecule has 3 amide bonds. The molecule has 0 spiro atoms. The molecule has 0 radical (unpaired) electrons. The van der Waals surface area contributed by atoms with Crippen LogP contribution in [0.4, 0.5) is 4.79 Å². The Morgan fingerprint density at radius 3 is 2.50 bits per heavy atom. The number of likely N-dealkylation sites (N-methyl/N-ethyl adjacent to an activating group) is 1. The molecular weight excluding hydrogens is 206 g/mol. The quantitative estimate of drug-likeness (QED) is 0.643. The van der Waals surface area contributed by atoms with Crippen molar-refractivity contribution in [2.75, 3.05) is 33.1 Å². The van der Waals surface area contributed by atoms with E-state index in [0.29, 0.717) is 6.54 Å². The van der Waals surface area contributed by atoms with Crippen molar-refractivity contribution in [2.24, 2.45) is 0 Å². The van der Waals surface area contributed by atoms with Crippen molar-refractivity contribution in [3.63, 3.8) is 0 Å². The lowest BCUT2D eigenvalue weighted by molar-refractivity contribution is -0.119. The van der Waals surface area contributed by atoms with Gasteiger partial charge in [-0.2, -0.15) is 0 Å². The van der Waals surface area contributed by atoms with Crippen LogP contribution in [0, 0.1) is 0 Å². The van der Waals surface area contributed by atoms with Crippen molar-refractivity contribution < 1.29 is 9.59 Å². The van der Waals surface area contributed by atoms with Crippen molar-refractivity contribution in [1.29, 1.82) is 0 Å². The van der Waals surface area contributed by atoms with Gasteiger partial charge < -0.3 is 10.2 Å². The molecule has 2 N–H and O–H groups in total. The summed E-state index contributed by atoms with van der Waals surface area (Å²) < 4.78 is 0. The predicted molar refractivity (Wildman–Crippen MR) is 55.4 cm³/mol. The number of hydrogen-bond acceptors (Lipinski definition) is 3. The molecule has 0 fully saturated rings. The van der Waals surface area contributed by atoms with Gasteiger partial charge in [0.1, 0.15) is 0 Å². The first kappa shape index (κ1) is 13.2. The highest BCUT2D eigenvalue weighted by molar-refractivity contribution is 6.19. The van der Waals surface area contributed by atoms with Crippen molar-refractivity contribution in [3.05, 3.63) is 0 Å². The molecule has 0 aromatic carbocycles. The van der Waals surface area contributed by atoms with Gasteiger partial charge >= 0.3 is 6.03 Å². The van der Waals surface area contributed by atoms with E-state index in [2.05, 4.69) is 10.6 Å². The van der Waals surface area contributed by atoms with E-state index in [9.17, 15) is 9.59 Å². The van der Waals surface area contributed by atoms with E-state index in [1.54, 1.807) is 0 Å². The minimum Gasteiger partial charge on any atom is -0.337 e. The topological polar surface area (TPSA) is 61.4 Å². The summed E-state index contributed by atoms with van der Waals surface area (Å²) in [4.78, 5) is 23.8. The molecule has 5 nitrogen and oxygen atoms in total. The van der Waals surface area contributed by atoms with Gasteiger partial charge in [-0.3, -0.25) is 10.1 Å². The molecule has 0 bridgehead atoms. The van der Waals surface area contributed by atoms with Gasteiger partial charge in [-0.05, 0) is 14.1 Å². The van der Waals surface area contributed by atoms with E-state index in [-0.39, 0.29) is 18.2 Å². The normalized spacial score (nSPS) is 10.0. The van der Waals surface area contributed by atoms with Gasteiger partial charge in [0.15, 0.2) is 0 Å². The Bertz CT molecular complexity index is 197. The van der Waals surface area contributed by atoms with E-state index in [1.807, 2.05) is 19.0 Å². The SMILES string of the molecule is CN(C)CCNC(=O)NC(=O)CCCl. The molecule has 0 atom stereocenters. The number of carbonyl (C=O) groups excluding carboxylic acids is 2. The number of rotatable bonds is 5. The van der Waals surface area contributed by atoms with E-state index in [0.717, 1.165) is 6.54 Å². The maximum absolute atomic E-state index is 11.0. The maximum Gasteiger partial charge on any atom is 0.321 e. The average Bonchev–Trinajstić information content (AvgIpc) is 2.03. The summed E-state index contributed by atoms with van der Waals surface area (Å²) in [6, 6.07) is -0.470. The molecule has 0 heterocycles. The van der Waals surface area contributed by atoms with Gasteiger partial charge in [-0.1, -0.05) is 0 Å². The first-order valence-corrected chi connectivity index (χ1v) is 4.88. The van der Waals surface area contributed by atoms with Crippen molar-refractivity contribution in [1.82, 2.24) is 15.5 Å². The number of nitrogens with zero attached hydrogens (tertiary/aromatic N) is 1. The summed E-state index contributed by atoms with van der Waals surface area (Å²) in [5, 5.41) is 4.71. The molecule has 6 heteroatoms. The Labute approximate surface area is 88.8 Å². The summed E-state index contributed by atoms with van der Waals surface area (Å²) in [5.41, 5.74) is 0. The number of halogens is 1. The summed E-state index contributed by atoms with van der Waals surface area (Å²) >= 11 is 5.33. The van der Waals surface area contributed by atoms with E-state index in [1.165, 1.54) is 0 Å². The molecule has 0 aliphatic carbocycles. The second-order valence-electron chi connectivity index (χ2n) is 3.05. The summed E-state index contributed by atoms with van der Waals surface area (Å²) in [7, 11) is 3.80. The van der Waals surface area contributed by atoms with Crippen molar-refractivity contribution in [3.8, 4) is 0 Å². The number of urea groups is 1. The van der Waals surface area contributed by atoms with Gasteiger partial charge in [-0.25, -0.2) is 4.79 Å². The lowest BCUT2D eigenvalue weighted by Gasteiger charge is -2.10. The predicted octanol–water partition coefficient (Wildman–Crippen LogP) is 0.00270. The number of hydrogen-bond donors (Lipinski definition) is 2. The van der Waals surface area contributed by atoms with Crippen LogP contribution in [0.3, 0.4) is 0 Å². The Hall–Kier alpha value is -0.810. The molecule has 0 aliphatic rings. The molecule has 0 aromatic rings. The summed E-state index contributed by atoms with van der Waals surface area (Å²) in [6.07, 6.45) is 0.155. The van der Waals surface area contributed by atoms with Crippen LogP contribution in [0.5, 0.6) is 0 Å². The zero-order valence-corrected chi connectivity index (χ0v) is 9.23. The van der Waals surface area contributed by atoms with Gasteiger partial charge in [0, 0.05) is 25.4 Å². The molecule has 14 heavy (non-hydrogen) atoms. The fraction of sp³-hybridized carbons (Fsp3) is 0.750. The first-order chi connectivity index (χ1) is 6.56. The van der Waals surface area contributed by atoms with Gasteiger partial charge in [-0.15, -0.1) is 11.6 Å². The second kappa shape index (κ2) is 7.58. The fourth-order valence-corrected chi connectivity index (χ4v) is 0.884. The highest BCUT2D eigenvalue weighted by Gasteiger charge is 2.05. The Kier molecular flexibility index (Phi) is 7.14. The van der Waals surface area contributed by atoms with Crippen LogP contribution in [-0.2, 0) is 4.79 Å². The van der Waals surface area contributed by atoms with Crippen LogP contribution in [0.2, 0.25) is 0 Å². The Morgan fingerprint density at radius 2 is 2.00 bits per heavy atom. The lowest BCUT2D eigenvalue weighted by atomic mass is 10.4. The molecule has 0 aromatic heterocycles. The molecule has 0 saturated carbocycles. The zero-order chi connectivity index (χ0) is 11.0. The fourth-order valence-electron chi connectivity index (χ4n) is 0.712. The van der Waals surface area contributed by atoms with E-state index < -0.39 is 6.03 Å². The standard InChI is InChI=1S/C8H16ClN3O2/c1-12(2)6-5-10-8(14)11-7(13)3-4-9/h3-6H2,1-2H3,(H2,10,11,13,14). The molecule has 82 valence electrons.